The van der Waals surface area contributed by atoms with Crippen LogP contribution in [0.1, 0.15) is 46.5 Å². The second-order valence-electron chi connectivity index (χ2n) is 6.39. The molecule has 1 unspecified atom stereocenters. The van der Waals surface area contributed by atoms with E-state index in [-0.39, 0.29) is 11.9 Å². The Bertz CT molecular complexity index is 458. The number of carbonyl (C=O) groups is 3. The van der Waals surface area contributed by atoms with Crippen LogP contribution in [0.2, 0.25) is 0 Å². The zero-order valence-electron chi connectivity index (χ0n) is 14.3. The smallest absolute Gasteiger partial charge is 0.330 e. The molecule has 0 aromatic carbocycles. The highest BCUT2D eigenvalue weighted by Gasteiger charge is 2.48. The number of hydrogen-bond acceptors (Lipinski definition) is 5. The Kier molecular flexibility index (Phi) is 7.26. The minimum atomic E-state index is -0.757. The van der Waals surface area contributed by atoms with E-state index in [1.165, 1.54) is 0 Å². The molecule has 23 heavy (non-hydrogen) atoms. The lowest BCUT2D eigenvalue weighted by Crippen LogP contribution is -2.35. The molecular weight excluding hydrogens is 298 g/mol. The van der Waals surface area contributed by atoms with E-state index in [0.29, 0.717) is 26.1 Å². The summed E-state index contributed by atoms with van der Waals surface area (Å²) in [5, 5.41) is 0. The van der Waals surface area contributed by atoms with Gasteiger partial charge in [-0.2, -0.15) is 0 Å². The number of carbonyl (C=O) groups excluding carboxylic acids is 3. The van der Waals surface area contributed by atoms with E-state index in [4.69, 9.17) is 9.47 Å². The molecule has 0 N–H and O–H groups in total. The fourth-order valence-electron chi connectivity index (χ4n) is 2.70. The van der Waals surface area contributed by atoms with E-state index in [9.17, 15) is 14.4 Å². The maximum Gasteiger partial charge on any atom is 0.330 e. The summed E-state index contributed by atoms with van der Waals surface area (Å²) in [4.78, 5) is 36.7. The van der Waals surface area contributed by atoms with Crippen LogP contribution in [-0.4, -0.2) is 48.5 Å². The third-order valence-electron chi connectivity index (χ3n) is 3.86. The molecule has 6 heteroatoms. The molecular formula is C17H27NO5. The van der Waals surface area contributed by atoms with Gasteiger partial charge >= 0.3 is 11.9 Å². The summed E-state index contributed by atoms with van der Waals surface area (Å²) >= 11 is 0. The number of ether oxygens (including phenoxy) is 2. The van der Waals surface area contributed by atoms with E-state index < -0.39 is 17.5 Å². The number of nitrogens with zero attached hydrogens (tertiary/aromatic N) is 1. The van der Waals surface area contributed by atoms with Gasteiger partial charge in [0, 0.05) is 31.0 Å². The zero-order chi connectivity index (χ0) is 17.5. The Labute approximate surface area is 137 Å². The zero-order valence-corrected chi connectivity index (χ0v) is 14.3. The molecule has 1 amide bonds. The van der Waals surface area contributed by atoms with Gasteiger partial charge in [0.05, 0.1) is 6.61 Å². The van der Waals surface area contributed by atoms with E-state index in [1.807, 2.05) is 13.8 Å². The molecule has 1 aliphatic heterocycles. The van der Waals surface area contributed by atoms with Gasteiger partial charge in [-0.15, -0.1) is 0 Å². The number of esters is 2. The Balaban J connectivity index is 2.38. The first kappa shape index (κ1) is 19.2. The number of amides is 1. The molecule has 6 nitrogen and oxygen atoms in total. The highest BCUT2D eigenvalue weighted by molar-refractivity contribution is 5.89. The summed E-state index contributed by atoms with van der Waals surface area (Å²) in [5.74, 6) is -0.911. The number of unbranched alkanes of at least 4 members (excludes halogenated alkanes) is 2. The van der Waals surface area contributed by atoms with Crippen molar-refractivity contribution < 1.29 is 23.9 Å². The Morgan fingerprint density at radius 3 is 2.65 bits per heavy atom. The average molecular weight is 325 g/mol. The molecule has 1 heterocycles. The quantitative estimate of drug-likeness (QED) is 0.369. The second-order valence-corrected chi connectivity index (χ2v) is 6.39. The molecule has 1 saturated heterocycles. The van der Waals surface area contributed by atoms with E-state index in [0.717, 1.165) is 25.3 Å². The molecule has 0 radical (unpaired) electrons. The van der Waals surface area contributed by atoms with E-state index in [2.05, 4.69) is 6.58 Å². The fraction of sp³-hybridized carbons (Fsp3) is 0.706. The summed E-state index contributed by atoms with van der Waals surface area (Å²) in [5.41, 5.74) is -0.416. The first-order valence-electron chi connectivity index (χ1n) is 8.09. The van der Waals surface area contributed by atoms with Crippen LogP contribution in [0.3, 0.4) is 0 Å². The summed E-state index contributed by atoms with van der Waals surface area (Å²) in [7, 11) is 0. The van der Waals surface area contributed by atoms with Gasteiger partial charge in [0.15, 0.2) is 6.10 Å². The van der Waals surface area contributed by atoms with Crippen molar-refractivity contribution in [2.45, 2.75) is 52.6 Å². The maximum atomic E-state index is 12.4. The highest BCUT2D eigenvalue weighted by atomic mass is 16.6. The predicted molar refractivity (Wildman–Crippen MR) is 85.5 cm³/mol. The first-order chi connectivity index (χ1) is 10.8. The van der Waals surface area contributed by atoms with Crippen LogP contribution in [0, 0.1) is 5.41 Å². The minimum absolute atomic E-state index is 0.157. The van der Waals surface area contributed by atoms with Crippen molar-refractivity contribution in [3.63, 3.8) is 0 Å². The standard InChI is InChI=1S/C17H27NO5/c1-5-13(19)23-15-16(21)18(12-17(15,3)4)11-9-7-8-10-14(20)22-6-2/h5,15H,1,6-12H2,2-4H3. The topological polar surface area (TPSA) is 72.9 Å². The highest BCUT2D eigenvalue weighted by Crippen LogP contribution is 2.33. The van der Waals surface area contributed by atoms with Crippen LogP contribution in [0.25, 0.3) is 0 Å². The Hall–Kier alpha value is -1.85. The molecule has 0 aliphatic carbocycles. The van der Waals surface area contributed by atoms with Crippen molar-refractivity contribution in [3.05, 3.63) is 12.7 Å². The molecule has 130 valence electrons. The largest absolute Gasteiger partial charge is 0.466 e. The molecule has 1 atom stereocenters. The fourth-order valence-corrected chi connectivity index (χ4v) is 2.70. The summed E-state index contributed by atoms with van der Waals surface area (Å²) in [6.07, 6.45) is 3.13. The monoisotopic (exact) mass is 325 g/mol. The van der Waals surface area contributed by atoms with Crippen molar-refractivity contribution in [1.82, 2.24) is 4.90 Å². The summed E-state index contributed by atoms with van der Waals surface area (Å²) in [6, 6.07) is 0. The molecule has 0 aromatic rings. The normalized spacial score (nSPS) is 19.5. The molecule has 0 spiro atoms. The first-order valence-corrected chi connectivity index (χ1v) is 8.09. The van der Waals surface area contributed by atoms with Crippen LogP contribution in [0.5, 0.6) is 0 Å². The lowest BCUT2D eigenvalue weighted by molar-refractivity contribution is -0.155. The van der Waals surface area contributed by atoms with Crippen LogP contribution in [0.15, 0.2) is 12.7 Å². The van der Waals surface area contributed by atoms with Crippen LogP contribution in [-0.2, 0) is 23.9 Å². The van der Waals surface area contributed by atoms with Gasteiger partial charge in [0.25, 0.3) is 5.91 Å². The number of hydrogen-bond donors (Lipinski definition) is 0. The minimum Gasteiger partial charge on any atom is -0.466 e. The number of rotatable bonds is 9. The lowest BCUT2D eigenvalue weighted by atomic mass is 9.89. The van der Waals surface area contributed by atoms with Crippen molar-refractivity contribution in [1.29, 1.82) is 0 Å². The maximum absolute atomic E-state index is 12.4. The molecule has 0 bridgehead atoms. The number of likely N-dealkylation sites (tertiary alicyclic amines) is 1. The second kappa shape index (κ2) is 8.70. The molecule has 1 fully saturated rings. The van der Waals surface area contributed by atoms with Gasteiger partial charge in [-0.05, 0) is 19.8 Å². The predicted octanol–water partition coefficient (Wildman–Crippen LogP) is 2.08. The Morgan fingerprint density at radius 2 is 2.04 bits per heavy atom. The van der Waals surface area contributed by atoms with Gasteiger partial charge in [0.1, 0.15) is 0 Å². The van der Waals surface area contributed by atoms with Crippen molar-refractivity contribution >= 4 is 17.8 Å². The lowest BCUT2D eigenvalue weighted by Gasteiger charge is -2.22. The SMILES string of the molecule is C=CC(=O)OC1C(=O)N(CCCCCC(=O)OCC)CC1(C)C. The Morgan fingerprint density at radius 1 is 1.35 bits per heavy atom. The third-order valence-corrected chi connectivity index (χ3v) is 3.86. The van der Waals surface area contributed by atoms with Gasteiger partial charge in [-0.25, -0.2) is 4.79 Å². The third kappa shape index (κ3) is 5.69. The van der Waals surface area contributed by atoms with E-state index in [1.54, 1.807) is 11.8 Å². The van der Waals surface area contributed by atoms with Crippen molar-refractivity contribution in [2.75, 3.05) is 19.7 Å². The van der Waals surface area contributed by atoms with Crippen molar-refractivity contribution in [3.8, 4) is 0 Å². The van der Waals surface area contributed by atoms with Gasteiger partial charge < -0.3 is 14.4 Å². The summed E-state index contributed by atoms with van der Waals surface area (Å²) in [6.45, 7) is 10.5. The van der Waals surface area contributed by atoms with Crippen LogP contribution in [0.4, 0.5) is 0 Å². The average Bonchev–Trinajstić information content (AvgIpc) is 2.70. The van der Waals surface area contributed by atoms with Gasteiger partial charge in [-0.3, -0.25) is 9.59 Å². The molecule has 1 aliphatic rings. The van der Waals surface area contributed by atoms with Crippen molar-refractivity contribution in [2.24, 2.45) is 5.41 Å². The van der Waals surface area contributed by atoms with Gasteiger partial charge in [-0.1, -0.05) is 26.8 Å². The van der Waals surface area contributed by atoms with Gasteiger partial charge in [0.2, 0.25) is 0 Å². The van der Waals surface area contributed by atoms with Crippen LogP contribution < -0.4 is 0 Å². The van der Waals surface area contributed by atoms with E-state index >= 15 is 0 Å². The molecule has 1 rings (SSSR count). The summed E-state index contributed by atoms with van der Waals surface area (Å²) < 4.78 is 10.1. The molecule has 0 aromatic heterocycles. The molecule has 0 saturated carbocycles. The van der Waals surface area contributed by atoms with Crippen LogP contribution >= 0.6 is 0 Å².